The van der Waals surface area contributed by atoms with Gasteiger partial charge in [-0.3, -0.25) is 9.69 Å². The molecule has 1 aliphatic carbocycles. The summed E-state index contributed by atoms with van der Waals surface area (Å²) in [5.41, 5.74) is -0.580. The highest BCUT2D eigenvalue weighted by Crippen LogP contribution is 2.49. The van der Waals surface area contributed by atoms with Crippen molar-refractivity contribution in [3.63, 3.8) is 0 Å². The topological polar surface area (TPSA) is 92.6 Å². The van der Waals surface area contributed by atoms with E-state index in [0.717, 1.165) is 25.8 Å². The number of hydrogen-bond acceptors (Lipinski definition) is 6. The van der Waals surface area contributed by atoms with Gasteiger partial charge in [-0.25, -0.2) is 0 Å². The van der Waals surface area contributed by atoms with Crippen molar-refractivity contribution < 1.29 is 18.8 Å². The molecule has 1 N–H and O–H groups in total. The number of carboxylic acids is 1. The molecule has 22 heavy (non-hydrogen) atoms. The molecule has 0 amide bonds. The number of furan rings is 1. The van der Waals surface area contributed by atoms with Gasteiger partial charge in [0.15, 0.2) is 5.76 Å². The Morgan fingerprint density at radius 1 is 1.55 bits per heavy atom. The van der Waals surface area contributed by atoms with E-state index >= 15 is 0 Å². The lowest BCUT2D eigenvalue weighted by molar-refractivity contribution is -0.149. The van der Waals surface area contributed by atoms with Gasteiger partial charge in [0.05, 0.1) is 18.2 Å². The van der Waals surface area contributed by atoms with Gasteiger partial charge < -0.3 is 14.0 Å². The van der Waals surface area contributed by atoms with Crippen LogP contribution in [-0.2, 0) is 11.3 Å². The van der Waals surface area contributed by atoms with Gasteiger partial charge in [-0.05, 0) is 30.9 Å². The van der Waals surface area contributed by atoms with Gasteiger partial charge in [-0.2, -0.15) is 4.98 Å². The summed E-state index contributed by atoms with van der Waals surface area (Å²) in [5, 5.41) is 13.5. The number of carboxylic acid groups (broad SMARTS) is 1. The molecule has 7 heteroatoms. The predicted molar refractivity (Wildman–Crippen MR) is 74.7 cm³/mol. The van der Waals surface area contributed by atoms with Crippen LogP contribution in [0.25, 0.3) is 11.6 Å². The van der Waals surface area contributed by atoms with Crippen LogP contribution in [0.2, 0.25) is 0 Å². The minimum atomic E-state index is -0.667. The molecule has 0 aromatic carbocycles. The highest BCUT2D eigenvalue weighted by atomic mass is 16.5. The van der Waals surface area contributed by atoms with Crippen molar-refractivity contribution in [3.8, 4) is 11.6 Å². The maximum Gasteiger partial charge on any atom is 0.311 e. The smallest absolute Gasteiger partial charge is 0.311 e. The number of fused-ring (bicyclic) bond motifs is 1. The molecule has 2 fully saturated rings. The van der Waals surface area contributed by atoms with Crippen LogP contribution >= 0.6 is 0 Å². The Kier molecular flexibility index (Phi) is 3.04. The van der Waals surface area contributed by atoms with E-state index in [4.69, 9.17) is 8.94 Å². The van der Waals surface area contributed by atoms with Gasteiger partial charge in [0.2, 0.25) is 11.7 Å². The first kappa shape index (κ1) is 13.5. The predicted octanol–water partition coefficient (Wildman–Crippen LogP) is 2.02. The lowest BCUT2D eigenvalue weighted by Crippen LogP contribution is -2.35. The summed E-state index contributed by atoms with van der Waals surface area (Å²) < 4.78 is 10.5. The lowest BCUT2D eigenvalue weighted by atomic mass is 9.81. The Bertz CT molecular complexity index is 681. The highest BCUT2D eigenvalue weighted by molar-refractivity contribution is 5.76. The van der Waals surface area contributed by atoms with Crippen molar-refractivity contribution in [1.82, 2.24) is 15.0 Å². The quantitative estimate of drug-likeness (QED) is 0.923. The zero-order valence-electron chi connectivity index (χ0n) is 12.1. The summed E-state index contributed by atoms with van der Waals surface area (Å²) in [6, 6.07) is 3.54. The van der Waals surface area contributed by atoms with Crippen LogP contribution in [0.1, 0.15) is 25.2 Å². The Balaban J connectivity index is 1.48. The molecule has 3 heterocycles. The fraction of sp³-hybridized carbons (Fsp3) is 0.533. The monoisotopic (exact) mass is 303 g/mol. The molecule has 1 saturated carbocycles. The number of hydrogen-bond donors (Lipinski definition) is 1. The van der Waals surface area contributed by atoms with Crippen LogP contribution in [0, 0.1) is 11.3 Å². The fourth-order valence-corrected chi connectivity index (χ4v) is 3.88. The Labute approximate surface area is 126 Å². The van der Waals surface area contributed by atoms with E-state index in [1.807, 2.05) is 0 Å². The first-order chi connectivity index (χ1) is 10.7. The number of carbonyl (C=O) groups is 1. The SMILES string of the molecule is O=C(O)[C@@]12CCC[C@H]1CN(Cc1nc(-c3ccco3)no1)C2. The average molecular weight is 303 g/mol. The van der Waals surface area contributed by atoms with Crippen LogP contribution in [0.3, 0.4) is 0 Å². The molecule has 0 radical (unpaired) electrons. The van der Waals surface area contributed by atoms with Crippen molar-refractivity contribution in [2.75, 3.05) is 13.1 Å². The third kappa shape index (κ3) is 2.04. The van der Waals surface area contributed by atoms with Gasteiger partial charge in [-0.1, -0.05) is 11.6 Å². The van der Waals surface area contributed by atoms with Crippen molar-refractivity contribution in [2.24, 2.45) is 11.3 Å². The summed E-state index contributed by atoms with van der Waals surface area (Å²) in [7, 11) is 0. The summed E-state index contributed by atoms with van der Waals surface area (Å²) in [5.74, 6) is 1.05. The van der Waals surface area contributed by atoms with Crippen LogP contribution in [0.15, 0.2) is 27.3 Å². The summed E-state index contributed by atoms with van der Waals surface area (Å²) in [4.78, 5) is 18.1. The molecular weight excluding hydrogens is 286 g/mol. The van der Waals surface area contributed by atoms with Crippen molar-refractivity contribution in [2.45, 2.75) is 25.8 Å². The molecule has 116 valence electrons. The Morgan fingerprint density at radius 3 is 3.18 bits per heavy atom. The first-order valence-corrected chi connectivity index (χ1v) is 7.49. The standard InChI is InChI=1S/C15H17N3O4/c19-14(20)15-5-1-3-10(15)7-18(9-15)8-12-16-13(17-22-12)11-4-2-6-21-11/h2,4,6,10H,1,3,5,7-9H2,(H,19,20)/t10-,15+/m0/s1. The molecule has 1 aliphatic heterocycles. The summed E-state index contributed by atoms with van der Waals surface area (Å²) in [6.07, 6.45) is 4.33. The molecule has 2 aromatic heterocycles. The fourth-order valence-electron chi connectivity index (χ4n) is 3.88. The second-order valence-electron chi connectivity index (χ2n) is 6.21. The number of aliphatic carboxylic acids is 1. The Morgan fingerprint density at radius 2 is 2.45 bits per heavy atom. The maximum absolute atomic E-state index is 11.7. The van der Waals surface area contributed by atoms with E-state index < -0.39 is 11.4 Å². The van der Waals surface area contributed by atoms with E-state index in [0.29, 0.717) is 30.6 Å². The van der Waals surface area contributed by atoms with Crippen LogP contribution in [0.5, 0.6) is 0 Å². The average Bonchev–Trinajstić information content (AvgIpc) is 3.22. The van der Waals surface area contributed by atoms with E-state index in [2.05, 4.69) is 15.0 Å². The normalized spacial score (nSPS) is 28.1. The van der Waals surface area contributed by atoms with Gasteiger partial charge in [-0.15, -0.1) is 0 Å². The van der Waals surface area contributed by atoms with Crippen LogP contribution in [0.4, 0.5) is 0 Å². The van der Waals surface area contributed by atoms with E-state index in [9.17, 15) is 9.90 Å². The second-order valence-corrected chi connectivity index (χ2v) is 6.21. The zero-order valence-corrected chi connectivity index (χ0v) is 12.1. The van der Waals surface area contributed by atoms with Crippen molar-refractivity contribution in [3.05, 3.63) is 24.3 Å². The van der Waals surface area contributed by atoms with E-state index in [1.54, 1.807) is 18.4 Å². The molecule has 4 rings (SSSR count). The zero-order chi connectivity index (χ0) is 15.2. The van der Waals surface area contributed by atoms with Crippen LogP contribution in [-0.4, -0.2) is 39.2 Å². The van der Waals surface area contributed by atoms with Crippen molar-refractivity contribution in [1.29, 1.82) is 0 Å². The lowest BCUT2D eigenvalue weighted by Gasteiger charge is -2.23. The van der Waals surface area contributed by atoms with E-state index in [-0.39, 0.29) is 5.92 Å². The van der Waals surface area contributed by atoms with Gasteiger partial charge in [0, 0.05) is 13.1 Å². The maximum atomic E-state index is 11.7. The molecule has 0 unspecified atom stereocenters. The summed E-state index contributed by atoms with van der Waals surface area (Å²) >= 11 is 0. The van der Waals surface area contributed by atoms with Crippen molar-refractivity contribution >= 4 is 5.97 Å². The molecule has 0 bridgehead atoms. The number of likely N-dealkylation sites (tertiary alicyclic amines) is 1. The first-order valence-electron chi connectivity index (χ1n) is 7.49. The third-order valence-corrected chi connectivity index (χ3v) is 4.94. The molecular formula is C15H17N3O4. The summed E-state index contributed by atoms with van der Waals surface area (Å²) in [6.45, 7) is 1.83. The minimum Gasteiger partial charge on any atom is -0.481 e. The number of rotatable bonds is 4. The Hall–Kier alpha value is -2.15. The van der Waals surface area contributed by atoms with Gasteiger partial charge >= 0.3 is 5.97 Å². The number of nitrogens with zero attached hydrogens (tertiary/aromatic N) is 3. The molecule has 7 nitrogen and oxygen atoms in total. The highest BCUT2D eigenvalue weighted by Gasteiger charge is 2.54. The number of aromatic nitrogens is 2. The molecule has 0 spiro atoms. The molecule has 2 aromatic rings. The van der Waals surface area contributed by atoms with Gasteiger partial charge in [0.25, 0.3) is 0 Å². The molecule has 2 aliphatic rings. The molecule has 2 atom stereocenters. The second kappa shape index (κ2) is 4.95. The third-order valence-electron chi connectivity index (χ3n) is 4.94. The largest absolute Gasteiger partial charge is 0.481 e. The van der Waals surface area contributed by atoms with Crippen LogP contribution < -0.4 is 0 Å². The van der Waals surface area contributed by atoms with E-state index in [1.165, 1.54) is 0 Å². The minimum absolute atomic E-state index is 0.234. The van der Waals surface area contributed by atoms with Gasteiger partial charge in [0.1, 0.15) is 0 Å². The molecule has 1 saturated heterocycles.